The molecule has 106 valence electrons. The lowest BCUT2D eigenvalue weighted by Crippen LogP contribution is -2.15. The Bertz CT molecular complexity index is 655. The Kier molecular flexibility index (Phi) is 4.10. The van der Waals surface area contributed by atoms with Gasteiger partial charge in [-0.15, -0.1) is 11.3 Å². The van der Waals surface area contributed by atoms with Gasteiger partial charge in [0.15, 0.2) is 5.82 Å². The summed E-state index contributed by atoms with van der Waals surface area (Å²) in [7, 11) is 0. The number of nitrogens with two attached hydrogens (primary N) is 1. The number of thiazole rings is 1. The van der Waals surface area contributed by atoms with E-state index in [0.29, 0.717) is 5.01 Å². The number of carbonyl (C=O) groups excluding carboxylic acids is 1. The highest BCUT2D eigenvalue weighted by Gasteiger charge is 2.18. The van der Waals surface area contributed by atoms with Crippen molar-refractivity contribution in [2.75, 3.05) is 5.32 Å². The summed E-state index contributed by atoms with van der Waals surface area (Å²) in [5, 5.41) is 4.29. The maximum absolute atomic E-state index is 13.8. The maximum atomic E-state index is 13.8. The number of carbonyl (C=O) groups is 1. The predicted molar refractivity (Wildman–Crippen MR) is 73.8 cm³/mol. The summed E-state index contributed by atoms with van der Waals surface area (Å²) in [6, 6.07) is 2.11. The summed E-state index contributed by atoms with van der Waals surface area (Å²) in [6.45, 7) is 3.22. The zero-order valence-corrected chi connectivity index (χ0v) is 11.7. The molecule has 0 aliphatic rings. The van der Waals surface area contributed by atoms with E-state index in [4.69, 9.17) is 5.73 Å². The van der Waals surface area contributed by atoms with Crippen molar-refractivity contribution in [2.24, 2.45) is 5.73 Å². The molecule has 2 aromatic rings. The Morgan fingerprint density at radius 2 is 2.15 bits per heavy atom. The molecule has 1 heterocycles. The van der Waals surface area contributed by atoms with Gasteiger partial charge in [0.25, 0.3) is 5.91 Å². The molecule has 1 aromatic carbocycles. The number of hydrogen-bond acceptors (Lipinski definition) is 4. The molecule has 0 spiro atoms. The van der Waals surface area contributed by atoms with Crippen molar-refractivity contribution < 1.29 is 13.6 Å². The highest BCUT2D eigenvalue weighted by atomic mass is 32.1. The first-order valence-electron chi connectivity index (χ1n) is 5.87. The molecule has 0 radical (unpaired) electrons. The van der Waals surface area contributed by atoms with Crippen molar-refractivity contribution in [3.05, 3.63) is 45.4 Å². The molecule has 2 rings (SSSR count). The van der Waals surface area contributed by atoms with E-state index in [1.165, 1.54) is 29.7 Å². The Morgan fingerprint density at radius 1 is 1.45 bits per heavy atom. The van der Waals surface area contributed by atoms with Crippen molar-refractivity contribution >= 4 is 22.9 Å². The highest BCUT2D eigenvalue weighted by Crippen LogP contribution is 2.23. The van der Waals surface area contributed by atoms with E-state index in [2.05, 4.69) is 10.3 Å². The summed E-state index contributed by atoms with van der Waals surface area (Å²) in [5.41, 5.74) is 5.51. The average Bonchev–Trinajstić information content (AvgIpc) is 2.89. The molecule has 0 bridgehead atoms. The van der Waals surface area contributed by atoms with Crippen LogP contribution in [0.15, 0.2) is 17.5 Å². The second kappa shape index (κ2) is 5.64. The zero-order chi connectivity index (χ0) is 14.9. The predicted octanol–water partition coefficient (Wildman–Crippen LogP) is 3.00. The number of aromatic nitrogens is 1. The molecule has 1 amide bonds. The monoisotopic (exact) mass is 297 g/mol. The maximum Gasteiger partial charge on any atom is 0.275 e. The van der Waals surface area contributed by atoms with E-state index in [-0.39, 0.29) is 17.3 Å². The van der Waals surface area contributed by atoms with E-state index >= 15 is 0 Å². The van der Waals surface area contributed by atoms with Gasteiger partial charge in [-0.25, -0.2) is 13.8 Å². The number of aryl methyl sites for hydroxylation is 1. The number of amides is 1. The fourth-order valence-corrected chi connectivity index (χ4v) is 2.31. The number of nitrogens with zero attached hydrogens (tertiary/aromatic N) is 1. The van der Waals surface area contributed by atoms with Crippen LogP contribution in [-0.2, 0) is 0 Å². The van der Waals surface area contributed by atoms with Gasteiger partial charge < -0.3 is 11.1 Å². The van der Waals surface area contributed by atoms with Crippen LogP contribution in [0.3, 0.4) is 0 Å². The van der Waals surface area contributed by atoms with Crippen molar-refractivity contribution in [2.45, 2.75) is 19.9 Å². The standard InChI is InChI=1S/C13H13F2N3OS/c1-6-3-4-8(14)11(10(6)15)18-12(19)9-5-20-13(17-9)7(2)16/h3-5,7H,16H2,1-2H3,(H,18,19). The van der Waals surface area contributed by atoms with Gasteiger partial charge in [0.2, 0.25) is 0 Å². The van der Waals surface area contributed by atoms with Crippen LogP contribution >= 0.6 is 11.3 Å². The van der Waals surface area contributed by atoms with E-state index in [9.17, 15) is 13.6 Å². The third-order valence-corrected chi connectivity index (χ3v) is 3.71. The first-order valence-corrected chi connectivity index (χ1v) is 6.75. The Morgan fingerprint density at radius 3 is 2.75 bits per heavy atom. The summed E-state index contributed by atoms with van der Waals surface area (Å²) in [6.07, 6.45) is 0. The largest absolute Gasteiger partial charge is 0.322 e. The fraction of sp³-hybridized carbons (Fsp3) is 0.231. The Hall–Kier alpha value is -1.86. The summed E-state index contributed by atoms with van der Waals surface area (Å²) < 4.78 is 27.3. The third kappa shape index (κ3) is 2.83. The molecule has 20 heavy (non-hydrogen) atoms. The first-order chi connectivity index (χ1) is 9.40. The quantitative estimate of drug-likeness (QED) is 0.915. The average molecular weight is 297 g/mol. The lowest BCUT2D eigenvalue weighted by Gasteiger charge is -2.08. The normalized spacial score (nSPS) is 12.2. The molecule has 0 saturated carbocycles. The first kappa shape index (κ1) is 14.5. The lowest BCUT2D eigenvalue weighted by molar-refractivity contribution is 0.102. The van der Waals surface area contributed by atoms with Gasteiger partial charge in [0.05, 0.1) is 6.04 Å². The molecule has 3 N–H and O–H groups in total. The molecular formula is C13H13F2N3OS. The lowest BCUT2D eigenvalue weighted by atomic mass is 10.2. The number of nitrogens with one attached hydrogen (secondary N) is 1. The summed E-state index contributed by atoms with van der Waals surface area (Å²) in [4.78, 5) is 15.9. The van der Waals surface area contributed by atoms with Gasteiger partial charge in [-0.2, -0.15) is 0 Å². The van der Waals surface area contributed by atoms with Crippen LogP contribution < -0.4 is 11.1 Å². The molecule has 4 nitrogen and oxygen atoms in total. The van der Waals surface area contributed by atoms with Gasteiger partial charge in [-0.3, -0.25) is 4.79 Å². The molecule has 0 saturated heterocycles. The molecule has 7 heteroatoms. The van der Waals surface area contributed by atoms with E-state index < -0.39 is 23.2 Å². The minimum atomic E-state index is -0.830. The van der Waals surface area contributed by atoms with Crippen LogP contribution in [0.1, 0.15) is 34.0 Å². The summed E-state index contributed by atoms with van der Waals surface area (Å²) >= 11 is 1.22. The minimum Gasteiger partial charge on any atom is -0.322 e. The van der Waals surface area contributed by atoms with Crippen LogP contribution in [0.5, 0.6) is 0 Å². The van der Waals surface area contributed by atoms with Gasteiger partial charge in [-0.05, 0) is 25.5 Å². The minimum absolute atomic E-state index is 0.0857. The van der Waals surface area contributed by atoms with Crippen molar-refractivity contribution in [3.63, 3.8) is 0 Å². The highest BCUT2D eigenvalue weighted by molar-refractivity contribution is 7.09. The number of halogens is 2. The molecule has 1 unspecified atom stereocenters. The van der Waals surface area contributed by atoms with Gasteiger partial charge >= 0.3 is 0 Å². The van der Waals surface area contributed by atoms with E-state index in [1.807, 2.05) is 0 Å². The Labute approximate surface area is 118 Å². The Balaban J connectivity index is 2.25. The van der Waals surface area contributed by atoms with Gasteiger partial charge in [0.1, 0.15) is 22.2 Å². The second-order valence-corrected chi connectivity index (χ2v) is 5.26. The molecule has 0 aliphatic heterocycles. The van der Waals surface area contributed by atoms with Crippen LogP contribution in [0.4, 0.5) is 14.5 Å². The fourth-order valence-electron chi connectivity index (χ4n) is 1.55. The van der Waals surface area contributed by atoms with E-state index in [0.717, 1.165) is 6.07 Å². The van der Waals surface area contributed by atoms with Crippen molar-refractivity contribution in [1.82, 2.24) is 4.98 Å². The number of hydrogen-bond donors (Lipinski definition) is 2. The van der Waals surface area contributed by atoms with Gasteiger partial charge in [-0.1, -0.05) is 6.07 Å². The molecule has 1 atom stereocenters. The van der Waals surface area contributed by atoms with Crippen LogP contribution in [0.25, 0.3) is 0 Å². The third-order valence-electron chi connectivity index (χ3n) is 2.67. The van der Waals surface area contributed by atoms with Crippen LogP contribution in [-0.4, -0.2) is 10.9 Å². The molecule has 1 aromatic heterocycles. The number of anilines is 1. The topological polar surface area (TPSA) is 68.0 Å². The number of benzene rings is 1. The van der Waals surface area contributed by atoms with E-state index in [1.54, 1.807) is 6.92 Å². The zero-order valence-electron chi connectivity index (χ0n) is 10.9. The second-order valence-electron chi connectivity index (χ2n) is 4.37. The molecule has 0 aliphatic carbocycles. The van der Waals surface area contributed by atoms with Gasteiger partial charge in [0, 0.05) is 5.38 Å². The van der Waals surface area contributed by atoms with Crippen molar-refractivity contribution in [3.8, 4) is 0 Å². The smallest absolute Gasteiger partial charge is 0.275 e. The van der Waals surface area contributed by atoms with Crippen molar-refractivity contribution in [1.29, 1.82) is 0 Å². The van der Waals surface area contributed by atoms with Crippen LogP contribution in [0.2, 0.25) is 0 Å². The molecular weight excluding hydrogens is 284 g/mol. The molecule has 0 fully saturated rings. The SMILES string of the molecule is Cc1ccc(F)c(NC(=O)c2csc(C(C)N)n2)c1F. The van der Waals surface area contributed by atoms with Crippen LogP contribution in [0, 0.1) is 18.6 Å². The number of rotatable bonds is 3. The summed E-state index contributed by atoms with van der Waals surface area (Å²) in [5.74, 6) is -2.29.